The minimum atomic E-state index is -1.12. The molecule has 3 atom stereocenters. The topological polar surface area (TPSA) is 87.0 Å². The fraction of sp³-hybridized carbons (Fsp3) is 0.593. The molecule has 0 amide bonds. The first kappa shape index (κ1) is 27.2. The molecule has 1 aliphatic rings. The largest absolute Gasteiger partial charge is 0.481 e. The van der Waals surface area contributed by atoms with Crippen molar-refractivity contribution in [2.24, 2.45) is 5.41 Å². The Hall–Kier alpha value is -2.02. The molecule has 0 bridgehead atoms. The number of aliphatic carboxylic acids is 1. The maximum absolute atomic E-state index is 14.4. The third kappa shape index (κ3) is 6.31. The van der Waals surface area contributed by atoms with Crippen LogP contribution in [0.5, 0.6) is 0 Å². The Kier molecular flexibility index (Phi) is 9.02. The lowest BCUT2D eigenvalue weighted by Crippen LogP contribution is -2.41. The van der Waals surface area contributed by atoms with Gasteiger partial charge in [-0.1, -0.05) is 26.0 Å². The van der Waals surface area contributed by atoms with E-state index >= 15 is 0 Å². The van der Waals surface area contributed by atoms with Crippen LogP contribution in [0.25, 0.3) is 5.57 Å². The second-order valence-corrected chi connectivity index (χ2v) is 9.73. The number of benzene rings is 1. The molecule has 1 aliphatic carbocycles. The lowest BCUT2D eigenvalue weighted by atomic mass is 9.61. The van der Waals surface area contributed by atoms with Crippen LogP contribution >= 0.6 is 0 Å². The molecule has 0 aromatic heterocycles. The summed E-state index contributed by atoms with van der Waals surface area (Å²) in [6.45, 7) is 9.92. The first-order valence-corrected chi connectivity index (χ1v) is 11.7. The first-order chi connectivity index (χ1) is 15.4. The van der Waals surface area contributed by atoms with Crippen LogP contribution in [0.15, 0.2) is 29.9 Å². The molecule has 6 heteroatoms. The Morgan fingerprint density at radius 2 is 1.79 bits per heavy atom. The van der Waals surface area contributed by atoms with Gasteiger partial charge in [0.15, 0.2) is 0 Å². The molecular formula is C27H39FO5. The third-order valence-electron chi connectivity index (χ3n) is 7.20. The summed E-state index contributed by atoms with van der Waals surface area (Å²) in [5.74, 6) is -1.31. The van der Waals surface area contributed by atoms with Crippen LogP contribution < -0.4 is 0 Å². The monoisotopic (exact) mass is 462 g/mol. The number of methoxy groups -OCH3 is 1. The summed E-state index contributed by atoms with van der Waals surface area (Å²) in [5, 5.41) is 29.2. The summed E-state index contributed by atoms with van der Waals surface area (Å²) in [5.41, 5.74) is 3.67. The van der Waals surface area contributed by atoms with E-state index in [-0.39, 0.29) is 23.3 Å². The Balaban J connectivity index is 2.62. The van der Waals surface area contributed by atoms with Crippen LogP contribution in [0, 0.1) is 25.1 Å². The summed E-state index contributed by atoms with van der Waals surface area (Å²) in [7, 11) is 1.73. The van der Waals surface area contributed by atoms with E-state index in [2.05, 4.69) is 20.8 Å². The number of aliphatic hydroxyl groups is 2. The molecule has 1 aromatic rings. The van der Waals surface area contributed by atoms with Crippen molar-refractivity contribution < 1.29 is 29.2 Å². The van der Waals surface area contributed by atoms with Crippen molar-refractivity contribution in [1.82, 2.24) is 0 Å². The molecule has 0 aliphatic heterocycles. The number of aryl methyl sites for hydroxylation is 2. The highest BCUT2D eigenvalue weighted by molar-refractivity contribution is 5.75. The minimum Gasteiger partial charge on any atom is -0.481 e. The highest BCUT2D eigenvalue weighted by atomic mass is 19.1. The molecule has 0 saturated heterocycles. The van der Waals surface area contributed by atoms with Crippen LogP contribution in [-0.2, 0) is 9.53 Å². The van der Waals surface area contributed by atoms with Gasteiger partial charge in [-0.05, 0) is 85.4 Å². The van der Waals surface area contributed by atoms with Gasteiger partial charge in [-0.2, -0.15) is 0 Å². The van der Waals surface area contributed by atoms with Gasteiger partial charge in [-0.3, -0.25) is 4.79 Å². The summed E-state index contributed by atoms with van der Waals surface area (Å²) in [6.07, 6.45) is 4.18. The molecular weight excluding hydrogens is 423 g/mol. The number of carboxylic acid groups (broad SMARTS) is 1. The number of rotatable bonds is 10. The SMILES string of the molecule is CCC1(CC)CC(C)(OC)CC(c2cc(C)c(F)c(C)c2)=C1C=CC(O)CC(O)CC(=O)O. The van der Waals surface area contributed by atoms with E-state index in [1.165, 1.54) is 0 Å². The second-order valence-electron chi connectivity index (χ2n) is 9.73. The van der Waals surface area contributed by atoms with E-state index in [0.29, 0.717) is 17.5 Å². The maximum Gasteiger partial charge on any atom is 0.305 e. The number of halogens is 1. The van der Waals surface area contributed by atoms with Crippen molar-refractivity contribution in [2.75, 3.05) is 7.11 Å². The molecule has 0 heterocycles. The molecule has 33 heavy (non-hydrogen) atoms. The number of allylic oxidation sites excluding steroid dienone is 2. The molecule has 3 unspecified atom stereocenters. The molecule has 5 nitrogen and oxygen atoms in total. The van der Waals surface area contributed by atoms with E-state index in [4.69, 9.17) is 9.84 Å². The summed E-state index contributed by atoms with van der Waals surface area (Å²) >= 11 is 0. The predicted octanol–water partition coefficient (Wildman–Crippen LogP) is 5.34. The second kappa shape index (κ2) is 10.9. The van der Waals surface area contributed by atoms with Crippen molar-refractivity contribution >= 4 is 11.5 Å². The Morgan fingerprint density at radius 3 is 2.27 bits per heavy atom. The number of carboxylic acids is 1. The lowest BCUT2D eigenvalue weighted by molar-refractivity contribution is -0.139. The number of ether oxygens (including phenoxy) is 1. The number of aliphatic hydroxyl groups excluding tert-OH is 2. The van der Waals surface area contributed by atoms with Crippen LogP contribution in [0.2, 0.25) is 0 Å². The van der Waals surface area contributed by atoms with Crippen molar-refractivity contribution in [3.05, 3.63) is 52.4 Å². The van der Waals surface area contributed by atoms with Gasteiger partial charge in [0.1, 0.15) is 5.82 Å². The highest BCUT2D eigenvalue weighted by Crippen LogP contribution is 2.53. The molecule has 0 saturated carbocycles. The molecule has 0 radical (unpaired) electrons. The predicted molar refractivity (Wildman–Crippen MR) is 128 cm³/mol. The van der Waals surface area contributed by atoms with Gasteiger partial charge in [-0.15, -0.1) is 0 Å². The van der Waals surface area contributed by atoms with E-state index in [0.717, 1.165) is 36.0 Å². The van der Waals surface area contributed by atoms with E-state index < -0.39 is 24.6 Å². The van der Waals surface area contributed by atoms with Gasteiger partial charge in [0.2, 0.25) is 0 Å². The first-order valence-electron chi connectivity index (χ1n) is 11.7. The lowest BCUT2D eigenvalue weighted by Gasteiger charge is -2.47. The number of hydrogen-bond donors (Lipinski definition) is 3. The van der Waals surface area contributed by atoms with Crippen LogP contribution in [-0.4, -0.2) is 46.2 Å². The van der Waals surface area contributed by atoms with E-state index in [9.17, 15) is 19.4 Å². The third-order valence-corrected chi connectivity index (χ3v) is 7.20. The molecule has 0 fully saturated rings. The fourth-order valence-corrected chi connectivity index (χ4v) is 5.19. The summed E-state index contributed by atoms with van der Waals surface area (Å²) in [4.78, 5) is 10.8. The molecule has 1 aromatic carbocycles. The number of carbonyl (C=O) groups is 1. The van der Waals surface area contributed by atoms with Gasteiger partial charge in [0, 0.05) is 20.0 Å². The van der Waals surface area contributed by atoms with Crippen LogP contribution in [0.4, 0.5) is 4.39 Å². The molecule has 2 rings (SSSR count). The molecule has 3 N–H and O–H groups in total. The Labute approximate surface area is 197 Å². The Morgan fingerprint density at radius 1 is 1.21 bits per heavy atom. The zero-order valence-electron chi connectivity index (χ0n) is 20.7. The number of hydrogen-bond acceptors (Lipinski definition) is 4. The van der Waals surface area contributed by atoms with Gasteiger partial charge >= 0.3 is 5.97 Å². The Bertz CT molecular complexity index is 892. The average molecular weight is 463 g/mol. The van der Waals surface area contributed by atoms with Crippen molar-refractivity contribution in [2.45, 2.75) is 91.0 Å². The van der Waals surface area contributed by atoms with Gasteiger partial charge in [0.25, 0.3) is 0 Å². The van der Waals surface area contributed by atoms with Crippen LogP contribution in [0.1, 0.15) is 76.0 Å². The normalized spacial score (nSPS) is 22.6. The van der Waals surface area contributed by atoms with Gasteiger partial charge < -0.3 is 20.1 Å². The van der Waals surface area contributed by atoms with E-state index in [1.807, 2.05) is 18.2 Å². The molecule has 0 spiro atoms. The quantitative estimate of drug-likeness (QED) is 0.437. The van der Waals surface area contributed by atoms with Crippen molar-refractivity contribution in [3.8, 4) is 0 Å². The average Bonchev–Trinajstić information content (AvgIpc) is 2.74. The molecule has 184 valence electrons. The summed E-state index contributed by atoms with van der Waals surface area (Å²) in [6, 6.07) is 3.74. The van der Waals surface area contributed by atoms with Crippen molar-refractivity contribution in [3.63, 3.8) is 0 Å². The smallest absolute Gasteiger partial charge is 0.305 e. The standard InChI is InChI=1S/C27H39FO5/c1-7-27(8-2)16-26(5,33-6)15-22(19-11-17(3)25(28)18(4)12-19)23(27)10-9-20(29)13-21(30)14-24(31)32/h9-12,20-21,29-30H,7-8,13-16H2,1-6H3,(H,31,32). The zero-order valence-corrected chi connectivity index (χ0v) is 20.7. The van der Waals surface area contributed by atoms with Gasteiger partial charge in [0.05, 0.1) is 24.2 Å². The fourth-order valence-electron chi connectivity index (χ4n) is 5.19. The van der Waals surface area contributed by atoms with Crippen molar-refractivity contribution in [1.29, 1.82) is 0 Å². The van der Waals surface area contributed by atoms with Gasteiger partial charge in [-0.25, -0.2) is 4.39 Å². The highest BCUT2D eigenvalue weighted by Gasteiger charge is 2.44. The minimum absolute atomic E-state index is 0.0544. The van der Waals surface area contributed by atoms with Crippen LogP contribution in [0.3, 0.4) is 0 Å². The van der Waals surface area contributed by atoms with E-state index in [1.54, 1.807) is 27.0 Å². The maximum atomic E-state index is 14.4. The summed E-state index contributed by atoms with van der Waals surface area (Å²) < 4.78 is 20.4. The zero-order chi connectivity index (χ0) is 25.0.